The minimum absolute atomic E-state index is 0.414. The van der Waals surface area contributed by atoms with Crippen molar-refractivity contribution in [3.63, 3.8) is 0 Å². The van der Waals surface area contributed by atoms with Gasteiger partial charge in [-0.15, -0.1) is 11.3 Å². The number of aryl methyl sites for hydroxylation is 2. The number of thiophene rings is 1. The van der Waals surface area contributed by atoms with Crippen LogP contribution in [0, 0.1) is 13.8 Å². The number of carbonyl (C=O) groups is 1. The highest BCUT2D eigenvalue weighted by atomic mass is 32.1. The van der Waals surface area contributed by atoms with Crippen molar-refractivity contribution < 1.29 is 22.7 Å². The first-order valence-corrected chi connectivity index (χ1v) is 5.82. The standard InChI is InChI=1S/C11H13F3O2S/c1-6-4-9(7(2)17-6)10(15)5-16-8(3)11(12,13)14/h4,8H,5H2,1-3H3. The van der Waals surface area contributed by atoms with Crippen molar-refractivity contribution in [2.45, 2.75) is 33.1 Å². The molecule has 0 saturated heterocycles. The molecule has 0 amide bonds. The van der Waals surface area contributed by atoms with Gasteiger partial charge in [0.2, 0.25) is 0 Å². The maximum Gasteiger partial charge on any atom is 0.414 e. The Kier molecular flexibility index (Phi) is 4.32. The third kappa shape index (κ3) is 3.81. The zero-order chi connectivity index (χ0) is 13.2. The molecule has 0 aromatic carbocycles. The highest BCUT2D eigenvalue weighted by Gasteiger charge is 2.37. The van der Waals surface area contributed by atoms with Crippen molar-refractivity contribution in [1.82, 2.24) is 0 Å². The van der Waals surface area contributed by atoms with Crippen molar-refractivity contribution in [2.24, 2.45) is 0 Å². The fraction of sp³-hybridized carbons (Fsp3) is 0.545. The van der Waals surface area contributed by atoms with E-state index in [1.54, 1.807) is 13.0 Å². The van der Waals surface area contributed by atoms with E-state index in [0.717, 1.165) is 16.7 Å². The van der Waals surface area contributed by atoms with E-state index in [1.807, 2.05) is 6.92 Å². The second-order valence-electron chi connectivity index (χ2n) is 3.74. The Hall–Kier alpha value is -0.880. The second-order valence-corrected chi connectivity index (χ2v) is 5.21. The van der Waals surface area contributed by atoms with Crippen LogP contribution < -0.4 is 0 Å². The first-order chi connectivity index (χ1) is 7.71. The predicted molar refractivity (Wildman–Crippen MR) is 59.6 cm³/mol. The minimum Gasteiger partial charge on any atom is -0.361 e. The number of hydrogen-bond donors (Lipinski definition) is 0. The van der Waals surface area contributed by atoms with E-state index in [0.29, 0.717) is 5.56 Å². The van der Waals surface area contributed by atoms with Gasteiger partial charge in [-0.3, -0.25) is 4.79 Å². The molecule has 0 fully saturated rings. The summed E-state index contributed by atoms with van der Waals surface area (Å²) in [5, 5.41) is 0. The van der Waals surface area contributed by atoms with Crippen LogP contribution in [0.15, 0.2) is 6.07 Å². The SMILES string of the molecule is Cc1cc(C(=O)COC(C)C(F)(F)F)c(C)s1. The van der Waals surface area contributed by atoms with Crippen LogP contribution in [-0.4, -0.2) is 24.7 Å². The number of alkyl halides is 3. The molecule has 0 aliphatic heterocycles. The molecule has 1 heterocycles. The lowest BCUT2D eigenvalue weighted by Crippen LogP contribution is -2.30. The Morgan fingerprint density at radius 3 is 2.47 bits per heavy atom. The van der Waals surface area contributed by atoms with E-state index in [1.165, 1.54) is 11.3 Å². The van der Waals surface area contributed by atoms with Crippen LogP contribution in [0.5, 0.6) is 0 Å². The van der Waals surface area contributed by atoms with Crippen molar-refractivity contribution in [2.75, 3.05) is 6.61 Å². The van der Waals surface area contributed by atoms with Crippen molar-refractivity contribution >= 4 is 17.1 Å². The topological polar surface area (TPSA) is 26.3 Å². The third-order valence-corrected chi connectivity index (χ3v) is 3.23. The monoisotopic (exact) mass is 266 g/mol. The first-order valence-electron chi connectivity index (χ1n) is 5.00. The van der Waals surface area contributed by atoms with Crippen LogP contribution in [0.1, 0.15) is 27.0 Å². The number of rotatable bonds is 4. The molecule has 0 radical (unpaired) electrons. The van der Waals surface area contributed by atoms with Crippen LogP contribution in [-0.2, 0) is 4.74 Å². The normalized spacial score (nSPS) is 13.8. The van der Waals surface area contributed by atoms with Crippen LogP contribution in [0.2, 0.25) is 0 Å². The van der Waals surface area contributed by atoms with Gasteiger partial charge in [-0.2, -0.15) is 13.2 Å². The van der Waals surface area contributed by atoms with Gasteiger partial charge >= 0.3 is 6.18 Å². The summed E-state index contributed by atoms with van der Waals surface area (Å²) < 4.78 is 41.0. The van der Waals surface area contributed by atoms with Gasteiger partial charge in [0.1, 0.15) is 6.61 Å². The summed E-state index contributed by atoms with van der Waals surface area (Å²) in [6.07, 6.45) is -6.36. The average molecular weight is 266 g/mol. The van der Waals surface area contributed by atoms with Crippen molar-refractivity contribution in [1.29, 1.82) is 0 Å². The van der Waals surface area contributed by atoms with Crippen LogP contribution in [0.4, 0.5) is 13.2 Å². The molecule has 0 saturated carbocycles. The van der Waals surface area contributed by atoms with Gasteiger partial charge in [0.25, 0.3) is 0 Å². The molecule has 6 heteroatoms. The van der Waals surface area contributed by atoms with Gasteiger partial charge in [0, 0.05) is 15.3 Å². The van der Waals surface area contributed by atoms with Gasteiger partial charge in [-0.1, -0.05) is 0 Å². The van der Waals surface area contributed by atoms with Crippen molar-refractivity contribution in [3.8, 4) is 0 Å². The highest BCUT2D eigenvalue weighted by Crippen LogP contribution is 2.24. The fourth-order valence-corrected chi connectivity index (χ4v) is 2.22. The fourth-order valence-electron chi connectivity index (χ4n) is 1.28. The Morgan fingerprint density at radius 2 is 2.06 bits per heavy atom. The lowest BCUT2D eigenvalue weighted by molar-refractivity contribution is -0.210. The number of ketones is 1. The molecular formula is C11H13F3O2S. The summed E-state index contributed by atoms with van der Waals surface area (Å²) in [6, 6.07) is 1.67. The minimum atomic E-state index is -4.43. The average Bonchev–Trinajstić information content (AvgIpc) is 2.52. The molecular weight excluding hydrogens is 253 g/mol. The summed E-state index contributed by atoms with van der Waals surface area (Å²) in [5.41, 5.74) is 0.446. The number of Topliss-reactive ketones (excluding diaryl/α,β-unsaturated/α-hetero) is 1. The maximum absolute atomic E-state index is 12.2. The Balaban J connectivity index is 2.60. The van der Waals surface area contributed by atoms with E-state index in [2.05, 4.69) is 4.74 Å². The van der Waals surface area contributed by atoms with Gasteiger partial charge in [0.05, 0.1) is 0 Å². The van der Waals surface area contributed by atoms with Gasteiger partial charge in [-0.05, 0) is 26.8 Å². The smallest absolute Gasteiger partial charge is 0.361 e. The lowest BCUT2D eigenvalue weighted by Gasteiger charge is -2.15. The molecule has 1 atom stereocenters. The van der Waals surface area contributed by atoms with E-state index >= 15 is 0 Å². The molecule has 1 unspecified atom stereocenters. The number of hydrogen-bond acceptors (Lipinski definition) is 3. The number of ether oxygens (including phenoxy) is 1. The molecule has 1 rings (SSSR count). The molecule has 0 spiro atoms. The second kappa shape index (κ2) is 5.18. The third-order valence-electron chi connectivity index (χ3n) is 2.27. The molecule has 0 aliphatic rings. The molecule has 1 aromatic heterocycles. The van der Waals surface area contributed by atoms with E-state index in [9.17, 15) is 18.0 Å². The Morgan fingerprint density at radius 1 is 1.47 bits per heavy atom. The molecule has 0 bridgehead atoms. The van der Waals surface area contributed by atoms with Crippen LogP contribution in [0.25, 0.3) is 0 Å². The molecule has 17 heavy (non-hydrogen) atoms. The summed E-state index contributed by atoms with van der Waals surface area (Å²) in [4.78, 5) is 13.4. The predicted octanol–water partition coefficient (Wildman–Crippen LogP) is 3.52. The molecule has 1 aromatic rings. The maximum atomic E-state index is 12.2. The number of halogens is 3. The van der Waals surface area contributed by atoms with Crippen LogP contribution in [0.3, 0.4) is 0 Å². The van der Waals surface area contributed by atoms with Gasteiger partial charge in [-0.25, -0.2) is 0 Å². The zero-order valence-corrected chi connectivity index (χ0v) is 10.5. The first kappa shape index (κ1) is 14.2. The van der Waals surface area contributed by atoms with E-state index < -0.39 is 24.7 Å². The van der Waals surface area contributed by atoms with E-state index in [-0.39, 0.29) is 0 Å². The summed E-state index contributed by atoms with van der Waals surface area (Å²) in [6.45, 7) is 3.95. The van der Waals surface area contributed by atoms with Crippen LogP contribution >= 0.6 is 11.3 Å². The van der Waals surface area contributed by atoms with E-state index in [4.69, 9.17) is 0 Å². The molecule has 0 N–H and O–H groups in total. The Bertz CT molecular complexity index is 409. The lowest BCUT2D eigenvalue weighted by atomic mass is 10.2. The van der Waals surface area contributed by atoms with Gasteiger partial charge < -0.3 is 4.74 Å². The summed E-state index contributed by atoms with van der Waals surface area (Å²) in [5.74, 6) is -0.414. The molecule has 0 aliphatic carbocycles. The largest absolute Gasteiger partial charge is 0.414 e. The van der Waals surface area contributed by atoms with Gasteiger partial charge in [0.15, 0.2) is 11.9 Å². The summed E-state index contributed by atoms with van der Waals surface area (Å²) in [7, 11) is 0. The zero-order valence-electron chi connectivity index (χ0n) is 9.72. The molecule has 96 valence electrons. The quantitative estimate of drug-likeness (QED) is 0.779. The Labute approximate surface area is 101 Å². The highest BCUT2D eigenvalue weighted by molar-refractivity contribution is 7.12. The molecule has 2 nitrogen and oxygen atoms in total. The number of carbonyl (C=O) groups excluding carboxylic acids is 1. The summed E-state index contributed by atoms with van der Waals surface area (Å²) >= 11 is 1.44. The van der Waals surface area contributed by atoms with Crippen molar-refractivity contribution in [3.05, 3.63) is 21.4 Å².